The summed E-state index contributed by atoms with van der Waals surface area (Å²) < 4.78 is 4.97. The molecule has 1 aromatic carbocycles. The Balaban J connectivity index is 2.80. The standard InChI is InChI=1S/C13H18N2O4/c1-9(8-19-3)15(2)13(18)14-11-7-5-4-6-10(11)12(16)17/h4-7,9H,8H2,1-3H3,(H,14,18)(H,16,17). The molecule has 0 fully saturated rings. The Hall–Kier alpha value is -2.08. The monoisotopic (exact) mass is 266 g/mol. The van der Waals surface area contributed by atoms with Gasteiger partial charge < -0.3 is 20.1 Å². The van der Waals surface area contributed by atoms with E-state index in [9.17, 15) is 9.59 Å². The zero-order chi connectivity index (χ0) is 14.4. The smallest absolute Gasteiger partial charge is 0.337 e. The second-order valence-corrected chi connectivity index (χ2v) is 4.20. The van der Waals surface area contributed by atoms with E-state index in [-0.39, 0.29) is 23.3 Å². The summed E-state index contributed by atoms with van der Waals surface area (Å²) in [5.74, 6) is -1.08. The first kappa shape index (κ1) is 15.0. The Labute approximate surface area is 112 Å². The zero-order valence-corrected chi connectivity index (χ0v) is 11.2. The maximum atomic E-state index is 12.0. The number of nitrogens with zero attached hydrogens (tertiary/aromatic N) is 1. The summed E-state index contributed by atoms with van der Waals surface area (Å²) in [6.07, 6.45) is 0. The van der Waals surface area contributed by atoms with Crippen LogP contribution in [0.3, 0.4) is 0 Å². The molecule has 0 aliphatic heterocycles. The highest BCUT2D eigenvalue weighted by Crippen LogP contribution is 2.15. The van der Waals surface area contributed by atoms with E-state index >= 15 is 0 Å². The van der Waals surface area contributed by atoms with Gasteiger partial charge in [-0.25, -0.2) is 9.59 Å². The molecular formula is C13H18N2O4. The van der Waals surface area contributed by atoms with Crippen molar-refractivity contribution in [3.63, 3.8) is 0 Å². The maximum absolute atomic E-state index is 12.0. The molecule has 1 aromatic rings. The van der Waals surface area contributed by atoms with E-state index in [1.165, 1.54) is 11.0 Å². The van der Waals surface area contributed by atoms with Gasteiger partial charge in [-0.1, -0.05) is 12.1 Å². The van der Waals surface area contributed by atoms with Crippen molar-refractivity contribution in [2.75, 3.05) is 26.1 Å². The van der Waals surface area contributed by atoms with Crippen LogP contribution in [0.2, 0.25) is 0 Å². The van der Waals surface area contributed by atoms with Crippen LogP contribution in [0.15, 0.2) is 24.3 Å². The second-order valence-electron chi connectivity index (χ2n) is 4.20. The molecule has 2 amide bonds. The van der Waals surface area contributed by atoms with Gasteiger partial charge in [-0.15, -0.1) is 0 Å². The van der Waals surface area contributed by atoms with E-state index < -0.39 is 5.97 Å². The van der Waals surface area contributed by atoms with E-state index in [1.807, 2.05) is 6.92 Å². The molecule has 0 spiro atoms. The number of hydrogen-bond donors (Lipinski definition) is 2. The molecule has 0 aromatic heterocycles. The molecule has 104 valence electrons. The summed E-state index contributed by atoms with van der Waals surface area (Å²) in [4.78, 5) is 24.5. The Morgan fingerprint density at radius 3 is 2.63 bits per heavy atom. The summed E-state index contributed by atoms with van der Waals surface area (Å²) in [6.45, 7) is 2.25. The third-order valence-electron chi connectivity index (χ3n) is 2.79. The average Bonchev–Trinajstić information content (AvgIpc) is 2.38. The molecule has 0 radical (unpaired) electrons. The first-order chi connectivity index (χ1) is 8.97. The average molecular weight is 266 g/mol. The summed E-state index contributed by atoms with van der Waals surface area (Å²) >= 11 is 0. The van der Waals surface area contributed by atoms with Crippen LogP contribution in [-0.2, 0) is 4.74 Å². The highest BCUT2D eigenvalue weighted by Gasteiger charge is 2.18. The number of amides is 2. The molecular weight excluding hydrogens is 248 g/mol. The quantitative estimate of drug-likeness (QED) is 0.853. The Bertz CT molecular complexity index is 462. The normalized spacial score (nSPS) is 11.7. The van der Waals surface area contributed by atoms with Gasteiger partial charge in [-0.05, 0) is 19.1 Å². The van der Waals surface area contributed by atoms with E-state index in [4.69, 9.17) is 9.84 Å². The fourth-order valence-corrected chi connectivity index (χ4v) is 1.54. The summed E-state index contributed by atoms with van der Waals surface area (Å²) in [5.41, 5.74) is 0.333. The number of aromatic carboxylic acids is 1. The van der Waals surface area contributed by atoms with Crippen LogP contribution in [-0.4, -0.2) is 48.8 Å². The number of carbonyl (C=O) groups is 2. The number of ether oxygens (including phenoxy) is 1. The lowest BCUT2D eigenvalue weighted by molar-refractivity contribution is 0.0698. The zero-order valence-electron chi connectivity index (χ0n) is 11.2. The Morgan fingerprint density at radius 2 is 2.05 bits per heavy atom. The lowest BCUT2D eigenvalue weighted by atomic mass is 10.2. The minimum absolute atomic E-state index is 0.0589. The second kappa shape index (κ2) is 6.75. The molecule has 19 heavy (non-hydrogen) atoms. The molecule has 0 heterocycles. The maximum Gasteiger partial charge on any atom is 0.337 e. The van der Waals surface area contributed by atoms with Gasteiger partial charge >= 0.3 is 12.0 Å². The fraction of sp³-hybridized carbons (Fsp3) is 0.385. The number of carbonyl (C=O) groups excluding carboxylic acids is 1. The van der Waals surface area contributed by atoms with E-state index in [0.717, 1.165) is 0 Å². The lowest BCUT2D eigenvalue weighted by Gasteiger charge is -2.24. The topological polar surface area (TPSA) is 78.9 Å². The number of likely N-dealkylation sites (N-methyl/N-ethyl adjacent to an activating group) is 1. The van der Waals surface area contributed by atoms with Crippen molar-refractivity contribution in [1.82, 2.24) is 4.90 Å². The molecule has 0 bridgehead atoms. The van der Waals surface area contributed by atoms with Crippen molar-refractivity contribution in [3.05, 3.63) is 29.8 Å². The van der Waals surface area contributed by atoms with Crippen LogP contribution in [0.5, 0.6) is 0 Å². The Morgan fingerprint density at radius 1 is 1.42 bits per heavy atom. The first-order valence-corrected chi connectivity index (χ1v) is 5.82. The molecule has 6 nitrogen and oxygen atoms in total. The first-order valence-electron chi connectivity index (χ1n) is 5.82. The van der Waals surface area contributed by atoms with Gasteiger partial charge in [0.2, 0.25) is 0 Å². The van der Waals surface area contributed by atoms with Crippen LogP contribution in [0.4, 0.5) is 10.5 Å². The summed E-state index contributed by atoms with van der Waals surface area (Å²) in [6, 6.07) is 5.78. The molecule has 1 atom stereocenters. The number of rotatable bonds is 5. The van der Waals surface area contributed by atoms with Gasteiger partial charge in [0.25, 0.3) is 0 Å². The highest BCUT2D eigenvalue weighted by molar-refractivity contribution is 5.99. The Kier molecular flexibility index (Phi) is 5.32. The van der Waals surface area contributed by atoms with Crippen molar-refractivity contribution in [2.45, 2.75) is 13.0 Å². The van der Waals surface area contributed by atoms with Gasteiger partial charge in [-0.2, -0.15) is 0 Å². The largest absolute Gasteiger partial charge is 0.478 e. The van der Waals surface area contributed by atoms with Crippen LogP contribution in [0.25, 0.3) is 0 Å². The van der Waals surface area contributed by atoms with Crippen molar-refractivity contribution in [3.8, 4) is 0 Å². The minimum atomic E-state index is -1.08. The van der Waals surface area contributed by atoms with E-state index in [2.05, 4.69) is 5.32 Å². The van der Waals surface area contributed by atoms with Crippen LogP contribution < -0.4 is 5.32 Å². The number of hydrogen-bond acceptors (Lipinski definition) is 3. The molecule has 0 saturated carbocycles. The number of urea groups is 1. The van der Waals surface area contributed by atoms with Crippen molar-refractivity contribution < 1.29 is 19.4 Å². The van der Waals surface area contributed by atoms with Crippen LogP contribution in [0.1, 0.15) is 17.3 Å². The molecule has 0 saturated heterocycles. The van der Waals surface area contributed by atoms with Gasteiger partial charge in [0, 0.05) is 14.2 Å². The minimum Gasteiger partial charge on any atom is -0.478 e. The number of benzene rings is 1. The van der Waals surface area contributed by atoms with Gasteiger partial charge in [-0.3, -0.25) is 0 Å². The number of para-hydroxylation sites is 1. The predicted octanol–water partition coefficient (Wildman–Crippen LogP) is 1.88. The summed E-state index contributed by atoms with van der Waals surface area (Å²) in [5, 5.41) is 11.6. The lowest BCUT2D eigenvalue weighted by Crippen LogP contribution is -2.40. The molecule has 1 rings (SSSR count). The van der Waals surface area contributed by atoms with Crippen LogP contribution in [0, 0.1) is 0 Å². The van der Waals surface area contributed by atoms with Gasteiger partial charge in [0.15, 0.2) is 0 Å². The number of anilines is 1. The van der Waals surface area contributed by atoms with Gasteiger partial charge in [0.1, 0.15) is 0 Å². The molecule has 2 N–H and O–H groups in total. The molecule has 1 unspecified atom stereocenters. The number of methoxy groups -OCH3 is 1. The third-order valence-corrected chi connectivity index (χ3v) is 2.79. The van der Waals surface area contributed by atoms with Crippen LogP contribution >= 0.6 is 0 Å². The summed E-state index contributed by atoms with van der Waals surface area (Å²) in [7, 11) is 3.18. The number of carboxylic acid groups (broad SMARTS) is 1. The van der Waals surface area contributed by atoms with Crippen molar-refractivity contribution >= 4 is 17.7 Å². The van der Waals surface area contributed by atoms with Crippen molar-refractivity contribution in [1.29, 1.82) is 0 Å². The van der Waals surface area contributed by atoms with Gasteiger partial charge in [0.05, 0.1) is 23.9 Å². The fourth-order valence-electron chi connectivity index (χ4n) is 1.54. The van der Waals surface area contributed by atoms with E-state index in [0.29, 0.717) is 6.61 Å². The van der Waals surface area contributed by atoms with E-state index in [1.54, 1.807) is 32.4 Å². The molecule has 0 aliphatic carbocycles. The predicted molar refractivity (Wildman–Crippen MR) is 71.5 cm³/mol. The number of carboxylic acids is 1. The molecule has 0 aliphatic rings. The number of nitrogens with one attached hydrogen (secondary N) is 1. The SMILES string of the molecule is COCC(C)N(C)C(=O)Nc1ccccc1C(=O)O. The third kappa shape index (κ3) is 3.96. The highest BCUT2D eigenvalue weighted by atomic mass is 16.5. The molecule has 6 heteroatoms. The van der Waals surface area contributed by atoms with Crippen molar-refractivity contribution in [2.24, 2.45) is 0 Å².